The van der Waals surface area contributed by atoms with Gasteiger partial charge in [-0.3, -0.25) is 4.79 Å². The van der Waals surface area contributed by atoms with Gasteiger partial charge < -0.3 is 9.47 Å². The van der Waals surface area contributed by atoms with Crippen molar-refractivity contribution in [1.82, 2.24) is 0 Å². The molecule has 0 spiro atoms. The average Bonchev–Trinajstić information content (AvgIpc) is 2.65. The van der Waals surface area contributed by atoms with Gasteiger partial charge in [0.2, 0.25) is 0 Å². The summed E-state index contributed by atoms with van der Waals surface area (Å²) in [6.45, 7) is 0. The summed E-state index contributed by atoms with van der Waals surface area (Å²) in [6.07, 6.45) is -5.65. The van der Waals surface area contributed by atoms with Gasteiger partial charge in [-0.1, -0.05) is 6.07 Å². The fourth-order valence-electron chi connectivity index (χ4n) is 1.83. The Hall–Kier alpha value is -2.05. The first kappa shape index (κ1) is 13.4. The second kappa shape index (κ2) is 4.56. The van der Waals surface area contributed by atoms with Crippen LogP contribution in [0.1, 0.15) is 34.0 Å². The van der Waals surface area contributed by atoms with Gasteiger partial charge in [0.15, 0.2) is 0 Å². The molecule has 0 radical (unpaired) electrons. The molecule has 1 atom stereocenters. The predicted octanol–water partition coefficient (Wildman–Crippen LogP) is 2.48. The molecular weight excluding hydrogens is 265 g/mol. The van der Waals surface area contributed by atoms with Gasteiger partial charge in [-0.05, 0) is 12.1 Å². The molecule has 1 aliphatic rings. The molecule has 0 amide bonds. The summed E-state index contributed by atoms with van der Waals surface area (Å²) in [5, 5.41) is 0. The van der Waals surface area contributed by atoms with E-state index in [1.807, 2.05) is 0 Å². The van der Waals surface area contributed by atoms with E-state index in [-0.39, 0.29) is 17.5 Å². The summed E-state index contributed by atoms with van der Waals surface area (Å²) in [6, 6.07) is 2.73. The predicted molar refractivity (Wildman–Crippen MR) is 56.2 cm³/mol. The topological polar surface area (TPSA) is 52.6 Å². The zero-order valence-corrected chi connectivity index (χ0v) is 9.78. The number of methoxy groups -OCH3 is 1. The van der Waals surface area contributed by atoms with Crippen molar-refractivity contribution in [1.29, 1.82) is 0 Å². The summed E-state index contributed by atoms with van der Waals surface area (Å²) in [5.41, 5.74) is -0.825. The van der Waals surface area contributed by atoms with Crippen LogP contribution in [0.5, 0.6) is 0 Å². The number of carbonyl (C=O) groups excluding carboxylic acids is 2. The van der Waals surface area contributed by atoms with Gasteiger partial charge in [-0.25, -0.2) is 4.79 Å². The van der Waals surface area contributed by atoms with Crippen LogP contribution < -0.4 is 0 Å². The van der Waals surface area contributed by atoms with Crippen molar-refractivity contribution in [2.75, 3.05) is 7.11 Å². The molecule has 0 saturated heterocycles. The van der Waals surface area contributed by atoms with E-state index in [1.165, 1.54) is 7.11 Å². The molecule has 0 aliphatic carbocycles. The van der Waals surface area contributed by atoms with E-state index in [1.54, 1.807) is 0 Å². The maximum absolute atomic E-state index is 12.5. The number of ether oxygens (including phenoxy) is 2. The Labute approximate surface area is 106 Å². The van der Waals surface area contributed by atoms with Crippen LogP contribution in [0.4, 0.5) is 13.2 Å². The molecule has 4 nitrogen and oxygen atoms in total. The first-order chi connectivity index (χ1) is 8.82. The van der Waals surface area contributed by atoms with Crippen molar-refractivity contribution < 1.29 is 32.2 Å². The van der Waals surface area contributed by atoms with Crippen molar-refractivity contribution in [3.63, 3.8) is 0 Å². The number of hydrogen-bond acceptors (Lipinski definition) is 4. The highest BCUT2D eigenvalue weighted by Gasteiger charge is 2.37. The normalized spacial score (nSPS) is 17.9. The molecule has 0 N–H and O–H groups in total. The maximum atomic E-state index is 12.5. The minimum Gasteiger partial charge on any atom is -0.469 e. The van der Waals surface area contributed by atoms with Crippen LogP contribution in [0.3, 0.4) is 0 Å². The van der Waals surface area contributed by atoms with Crippen molar-refractivity contribution in [2.45, 2.75) is 18.7 Å². The fraction of sp³-hybridized carbons (Fsp3) is 0.333. The highest BCUT2D eigenvalue weighted by molar-refractivity contribution is 5.94. The Morgan fingerprint density at radius 1 is 1.42 bits per heavy atom. The zero-order valence-electron chi connectivity index (χ0n) is 9.78. The standard InChI is InChI=1S/C12H9F3O4/c1-18-10(16)5-9-7-3-2-6(12(13,14)15)4-8(7)11(17)19-9/h2-4,9H,5H2,1H3. The quantitative estimate of drug-likeness (QED) is 0.777. The van der Waals surface area contributed by atoms with Crippen LogP contribution in [0.15, 0.2) is 18.2 Å². The first-order valence-electron chi connectivity index (χ1n) is 5.32. The van der Waals surface area contributed by atoms with Crippen molar-refractivity contribution in [2.24, 2.45) is 0 Å². The van der Waals surface area contributed by atoms with Crippen LogP contribution >= 0.6 is 0 Å². The van der Waals surface area contributed by atoms with Crippen molar-refractivity contribution in [3.8, 4) is 0 Å². The van der Waals surface area contributed by atoms with Crippen LogP contribution in [0.2, 0.25) is 0 Å². The van der Waals surface area contributed by atoms with E-state index in [4.69, 9.17) is 4.74 Å². The van der Waals surface area contributed by atoms with E-state index in [0.717, 1.165) is 18.2 Å². The van der Waals surface area contributed by atoms with Gasteiger partial charge in [0.1, 0.15) is 6.10 Å². The number of esters is 2. The SMILES string of the molecule is COC(=O)CC1OC(=O)c2cc(C(F)(F)F)ccc21. The molecular formula is C12H9F3O4. The van der Waals surface area contributed by atoms with Crippen molar-refractivity contribution in [3.05, 3.63) is 34.9 Å². The van der Waals surface area contributed by atoms with E-state index in [2.05, 4.69) is 4.74 Å². The lowest BCUT2D eigenvalue weighted by atomic mass is 10.0. The molecule has 1 aromatic carbocycles. The fourth-order valence-corrected chi connectivity index (χ4v) is 1.83. The van der Waals surface area contributed by atoms with Gasteiger partial charge in [0.25, 0.3) is 0 Å². The molecule has 1 heterocycles. The Morgan fingerprint density at radius 3 is 2.68 bits per heavy atom. The highest BCUT2D eigenvalue weighted by Crippen LogP contribution is 2.37. The van der Waals surface area contributed by atoms with Crippen LogP contribution in [-0.2, 0) is 20.4 Å². The van der Waals surface area contributed by atoms with Gasteiger partial charge in [-0.2, -0.15) is 13.2 Å². The second-order valence-corrected chi connectivity index (χ2v) is 3.97. The Bertz CT molecular complexity index is 536. The Morgan fingerprint density at radius 2 is 2.11 bits per heavy atom. The molecule has 2 rings (SSSR count). The van der Waals surface area contributed by atoms with Gasteiger partial charge >= 0.3 is 18.1 Å². The molecule has 0 saturated carbocycles. The average molecular weight is 274 g/mol. The molecule has 1 aromatic rings. The number of cyclic esters (lactones) is 1. The first-order valence-corrected chi connectivity index (χ1v) is 5.32. The maximum Gasteiger partial charge on any atom is 0.416 e. The molecule has 1 unspecified atom stereocenters. The van der Waals surface area contributed by atoms with Crippen LogP contribution in [0, 0.1) is 0 Å². The van der Waals surface area contributed by atoms with Crippen molar-refractivity contribution >= 4 is 11.9 Å². The lowest BCUT2D eigenvalue weighted by Gasteiger charge is -2.10. The summed E-state index contributed by atoms with van der Waals surface area (Å²) < 4.78 is 46.9. The monoisotopic (exact) mass is 274 g/mol. The number of alkyl halides is 3. The van der Waals surface area contributed by atoms with Crippen LogP contribution in [0.25, 0.3) is 0 Å². The molecule has 0 aromatic heterocycles. The number of rotatable bonds is 2. The van der Waals surface area contributed by atoms with Gasteiger partial charge in [0, 0.05) is 5.56 Å². The molecule has 0 bridgehead atoms. The van der Waals surface area contributed by atoms with Gasteiger partial charge in [-0.15, -0.1) is 0 Å². The summed E-state index contributed by atoms with van der Waals surface area (Å²) in [5.74, 6) is -1.47. The summed E-state index contributed by atoms with van der Waals surface area (Å²) in [4.78, 5) is 22.6. The molecule has 0 fully saturated rings. The van der Waals surface area contributed by atoms with E-state index < -0.39 is 29.8 Å². The second-order valence-electron chi connectivity index (χ2n) is 3.97. The third-order valence-corrected chi connectivity index (χ3v) is 2.78. The molecule has 7 heteroatoms. The zero-order chi connectivity index (χ0) is 14.2. The number of carbonyl (C=O) groups is 2. The molecule has 102 valence electrons. The number of halogens is 3. The summed E-state index contributed by atoms with van der Waals surface area (Å²) in [7, 11) is 1.17. The third kappa shape index (κ3) is 2.54. The lowest BCUT2D eigenvalue weighted by molar-refractivity contribution is -0.143. The number of fused-ring (bicyclic) bond motifs is 1. The highest BCUT2D eigenvalue weighted by atomic mass is 19.4. The minimum absolute atomic E-state index is 0.163. The van der Waals surface area contributed by atoms with E-state index in [9.17, 15) is 22.8 Å². The third-order valence-electron chi connectivity index (χ3n) is 2.78. The molecule has 1 aliphatic heterocycles. The summed E-state index contributed by atoms with van der Waals surface area (Å²) >= 11 is 0. The lowest BCUT2D eigenvalue weighted by Crippen LogP contribution is -2.08. The smallest absolute Gasteiger partial charge is 0.416 e. The van der Waals surface area contributed by atoms with Crippen LogP contribution in [-0.4, -0.2) is 19.0 Å². The Kier molecular flexibility index (Phi) is 3.21. The molecule has 19 heavy (non-hydrogen) atoms. The Balaban J connectivity index is 2.34. The van der Waals surface area contributed by atoms with E-state index in [0.29, 0.717) is 0 Å². The minimum atomic E-state index is -4.53. The largest absolute Gasteiger partial charge is 0.469 e. The van der Waals surface area contributed by atoms with Gasteiger partial charge in [0.05, 0.1) is 24.7 Å². The number of benzene rings is 1. The van der Waals surface area contributed by atoms with E-state index >= 15 is 0 Å². The number of hydrogen-bond donors (Lipinski definition) is 0.